The number of rotatable bonds is 2. The molecule has 0 saturated heterocycles. The van der Waals surface area contributed by atoms with E-state index in [1.807, 2.05) is 0 Å². The largest absolute Gasteiger partial charge is 0.469 e. The van der Waals surface area contributed by atoms with Gasteiger partial charge in [-0.1, -0.05) is 34.6 Å². The van der Waals surface area contributed by atoms with Crippen LogP contribution in [-0.2, 0) is 9.53 Å². The summed E-state index contributed by atoms with van der Waals surface area (Å²) in [5, 5.41) is 22.1. The van der Waals surface area contributed by atoms with Gasteiger partial charge < -0.3 is 14.9 Å². The van der Waals surface area contributed by atoms with Gasteiger partial charge in [-0.15, -0.1) is 0 Å². The molecule has 4 fully saturated rings. The van der Waals surface area contributed by atoms with Crippen molar-refractivity contribution in [2.75, 3.05) is 7.11 Å². The van der Waals surface area contributed by atoms with Crippen LogP contribution in [0.2, 0.25) is 0 Å². The van der Waals surface area contributed by atoms with E-state index in [1.54, 1.807) is 0 Å². The van der Waals surface area contributed by atoms with Gasteiger partial charge in [0.2, 0.25) is 0 Å². The predicted octanol–water partition coefficient (Wildman–Crippen LogP) is 4.96. The Kier molecular flexibility index (Phi) is 5.42. The minimum Gasteiger partial charge on any atom is -0.469 e. The van der Waals surface area contributed by atoms with Crippen LogP contribution in [0.5, 0.6) is 0 Å². The minimum atomic E-state index is -0.407. The van der Waals surface area contributed by atoms with Crippen molar-refractivity contribution in [3.63, 3.8) is 0 Å². The van der Waals surface area contributed by atoms with Gasteiger partial charge in [0.15, 0.2) is 0 Å². The van der Waals surface area contributed by atoms with Crippen LogP contribution < -0.4 is 0 Å². The van der Waals surface area contributed by atoms with E-state index in [4.69, 9.17) is 4.74 Å². The van der Waals surface area contributed by atoms with Crippen LogP contribution in [0.15, 0.2) is 0 Å². The van der Waals surface area contributed by atoms with Crippen LogP contribution in [0.3, 0.4) is 0 Å². The highest BCUT2D eigenvalue weighted by molar-refractivity contribution is 5.69. The molecular formula is C26H44O4. The van der Waals surface area contributed by atoms with Gasteiger partial charge in [-0.2, -0.15) is 0 Å². The molecule has 4 rings (SSSR count). The summed E-state index contributed by atoms with van der Waals surface area (Å²) in [6.45, 7) is 12.1. The quantitative estimate of drug-likeness (QED) is 0.620. The second-order valence-electron chi connectivity index (χ2n) is 12.6. The fourth-order valence-corrected chi connectivity index (χ4v) is 9.48. The summed E-state index contributed by atoms with van der Waals surface area (Å²) in [4.78, 5) is 11.9. The molecule has 0 bridgehead atoms. The molecule has 172 valence electrons. The highest BCUT2D eigenvalue weighted by Gasteiger charge is 2.68. The molecule has 0 spiro atoms. The zero-order chi connectivity index (χ0) is 22.1. The molecule has 4 saturated carbocycles. The van der Waals surface area contributed by atoms with Gasteiger partial charge in [-0.25, -0.2) is 0 Å². The lowest BCUT2D eigenvalue weighted by Gasteiger charge is -2.71. The van der Waals surface area contributed by atoms with E-state index < -0.39 is 6.10 Å². The average Bonchev–Trinajstić information content (AvgIpc) is 2.68. The Labute approximate surface area is 183 Å². The van der Waals surface area contributed by atoms with Crippen LogP contribution >= 0.6 is 0 Å². The Morgan fingerprint density at radius 3 is 2.20 bits per heavy atom. The Morgan fingerprint density at radius 2 is 1.53 bits per heavy atom. The molecule has 0 aromatic heterocycles. The zero-order valence-corrected chi connectivity index (χ0v) is 20.0. The summed E-state index contributed by atoms with van der Waals surface area (Å²) < 4.78 is 4.90. The number of esters is 1. The van der Waals surface area contributed by atoms with Crippen molar-refractivity contribution >= 4 is 5.97 Å². The molecule has 0 heterocycles. The third kappa shape index (κ3) is 2.88. The monoisotopic (exact) mass is 420 g/mol. The topological polar surface area (TPSA) is 66.8 Å². The molecule has 0 aromatic carbocycles. The first-order valence-electron chi connectivity index (χ1n) is 12.3. The molecule has 0 aliphatic heterocycles. The molecule has 9 atom stereocenters. The van der Waals surface area contributed by atoms with E-state index in [2.05, 4.69) is 34.6 Å². The molecular weight excluding hydrogens is 376 g/mol. The number of ether oxygens (including phenoxy) is 1. The fourth-order valence-electron chi connectivity index (χ4n) is 9.48. The Hall–Kier alpha value is -0.610. The Bertz CT molecular complexity index is 689. The van der Waals surface area contributed by atoms with Crippen LogP contribution in [0.1, 0.15) is 92.4 Å². The van der Waals surface area contributed by atoms with Gasteiger partial charge in [-0.05, 0) is 96.7 Å². The summed E-state index contributed by atoms with van der Waals surface area (Å²) in [5.74, 6) is 1.31. The molecule has 0 unspecified atom stereocenters. The fraction of sp³-hybridized carbons (Fsp3) is 0.962. The maximum Gasteiger partial charge on any atom is 0.305 e. The molecule has 4 aliphatic carbocycles. The first kappa shape index (κ1) is 22.6. The van der Waals surface area contributed by atoms with Gasteiger partial charge in [0.1, 0.15) is 0 Å². The highest BCUT2D eigenvalue weighted by Crippen LogP contribution is 2.74. The van der Waals surface area contributed by atoms with E-state index in [-0.39, 0.29) is 45.6 Å². The second kappa shape index (κ2) is 7.20. The summed E-state index contributed by atoms with van der Waals surface area (Å²) in [7, 11) is 1.44. The van der Waals surface area contributed by atoms with Gasteiger partial charge >= 0.3 is 5.97 Å². The number of methoxy groups -OCH3 is 1. The van der Waals surface area contributed by atoms with Crippen molar-refractivity contribution in [1.29, 1.82) is 0 Å². The Morgan fingerprint density at radius 1 is 0.867 bits per heavy atom. The van der Waals surface area contributed by atoms with Crippen LogP contribution in [0.25, 0.3) is 0 Å². The van der Waals surface area contributed by atoms with Crippen molar-refractivity contribution in [1.82, 2.24) is 0 Å². The number of fused-ring (bicyclic) bond motifs is 5. The SMILES string of the molecule is COC(=O)C[C@@H]1CC[C@]2(C)[C@H](CC[C@@H]3[C@@]4(C)CC[C@H](O)C(C)(C)[C@@H]4CC[C@]32C)[C@@H]1O. The highest BCUT2D eigenvalue weighted by atomic mass is 16.5. The zero-order valence-electron chi connectivity index (χ0n) is 20.0. The predicted molar refractivity (Wildman–Crippen MR) is 118 cm³/mol. The van der Waals surface area contributed by atoms with E-state index >= 15 is 0 Å². The first-order valence-corrected chi connectivity index (χ1v) is 12.3. The molecule has 4 heteroatoms. The van der Waals surface area contributed by atoms with Gasteiger partial charge in [0, 0.05) is 0 Å². The lowest BCUT2D eigenvalue weighted by atomic mass is 9.33. The molecule has 2 N–H and O–H groups in total. The van der Waals surface area contributed by atoms with Crippen molar-refractivity contribution < 1.29 is 19.7 Å². The number of carbonyl (C=O) groups excluding carboxylic acids is 1. The maximum atomic E-state index is 11.9. The third-order valence-corrected chi connectivity index (χ3v) is 11.5. The van der Waals surface area contributed by atoms with Gasteiger partial charge in [-0.3, -0.25) is 4.79 Å². The number of hydrogen-bond acceptors (Lipinski definition) is 4. The second-order valence-corrected chi connectivity index (χ2v) is 12.6. The van der Waals surface area contributed by atoms with E-state index in [0.717, 1.165) is 38.5 Å². The molecule has 0 aromatic rings. The third-order valence-electron chi connectivity index (χ3n) is 11.5. The van der Waals surface area contributed by atoms with Gasteiger partial charge in [0.05, 0.1) is 25.7 Å². The number of aliphatic hydroxyl groups excluding tert-OH is 2. The van der Waals surface area contributed by atoms with Crippen molar-refractivity contribution in [3.05, 3.63) is 0 Å². The molecule has 0 radical (unpaired) electrons. The lowest BCUT2D eigenvalue weighted by Crippen LogP contribution is -2.66. The van der Waals surface area contributed by atoms with E-state index in [0.29, 0.717) is 18.3 Å². The van der Waals surface area contributed by atoms with E-state index in [1.165, 1.54) is 20.0 Å². The molecule has 30 heavy (non-hydrogen) atoms. The van der Waals surface area contributed by atoms with Crippen molar-refractivity contribution in [2.24, 2.45) is 45.3 Å². The van der Waals surface area contributed by atoms with Crippen molar-refractivity contribution in [2.45, 2.75) is 105 Å². The summed E-state index contributed by atoms with van der Waals surface area (Å²) in [6, 6.07) is 0. The number of aliphatic hydroxyl groups is 2. The van der Waals surface area contributed by atoms with Crippen LogP contribution in [0, 0.1) is 45.3 Å². The first-order chi connectivity index (χ1) is 13.9. The van der Waals surface area contributed by atoms with Crippen LogP contribution in [0.4, 0.5) is 0 Å². The lowest BCUT2D eigenvalue weighted by molar-refractivity contribution is -0.247. The number of carbonyl (C=O) groups is 1. The summed E-state index contributed by atoms with van der Waals surface area (Å²) in [6.07, 6.45) is 8.37. The summed E-state index contributed by atoms with van der Waals surface area (Å²) in [5.41, 5.74) is 0.550. The minimum absolute atomic E-state index is 0.0240. The summed E-state index contributed by atoms with van der Waals surface area (Å²) >= 11 is 0. The van der Waals surface area contributed by atoms with Crippen molar-refractivity contribution in [3.8, 4) is 0 Å². The van der Waals surface area contributed by atoms with Gasteiger partial charge in [0.25, 0.3) is 0 Å². The normalized spacial score (nSPS) is 52.5. The molecule has 4 aliphatic rings. The maximum absolute atomic E-state index is 11.9. The van der Waals surface area contributed by atoms with E-state index in [9.17, 15) is 15.0 Å². The van der Waals surface area contributed by atoms with Crippen LogP contribution in [-0.4, -0.2) is 35.5 Å². The molecule has 4 nitrogen and oxygen atoms in total. The average molecular weight is 421 g/mol. The standard InChI is InChI=1S/C26H44O4/c1-23(2)18-10-14-26(5)19(24(18,3)12-11-20(23)27)8-7-17-22(29)16(15-21(28)30-6)9-13-25(17,26)4/h16-20,22,27,29H,7-15H2,1-6H3/t16-,17+,18-,19+,20-,22+,24-,25+,26+/m0/s1. The molecule has 0 amide bonds. The number of hydrogen-bond donors (Lipinski definition) is 2. The Balaban J connectivity index is 1.64. The smallest absolute Gasteiger partial charge is 0.305 e.